The number of nitrogens with one attached hydrogen (secondary N) is 1. The van der Waals surface area contributed by atoms with Crippen molar-refractivity contribution in [2.24, 2.45) is 0 Å². The van der Waals surface area contributed by atoms with Crippen LogP contribution in [-0.2, 0) is 11.3 Å². The summed E-state index contributed by atoms with van der Waals surface area (Å²) in [5.74, 6) is 0.377. The molecule has 1 aliphatic heterocycles. The van der Waals surface area contributed by atoms with Crippen LogP contribution in [-0.4, -0.2) is 32.6 Å². The molecule has 1 N–H and O–H groups in total. The first-order valence-electron chi connectivity index (χ1n) is 9.83. The van der Waals surface area contributed by atoms with Gasteiger partial charge in [-0.2, -0.15) is 0 Å². The molecule has 1 heterocycles. The molecule has 8 heteroatoms. The summed E-state index contributed by atoms with van der Waals surface area (Å²) in [4.78, 5) is 26.6. The summed E-state index contributed by atoms with van der Waals surface area (Å²) in [5, 5.41) is 2.80. The van der Waals surface area contributed by atoms with E-state index >= 15 is 0 Å². The summed E-state index contributed by atoms with van der Waals surface area (Å²) in [6.45, 7) is -0.0941. The van der Waals surface area contributed by atoms with Gasteiger partial charge in [0.05, 0.1) is 26.5 Å². The van der Waals surface area contributed by atoms with E-state index in [2.05, 4.69) is 5.32 Å². The number of halogens is 1. The molecule has 0 aromatic heterocycles. The van der Waals surface area contributed by atoms with Gasteiger partial charge in [-0.25, -0.2) is 4.39 Å². The molecule has 32 heavy (non-hydrogen) atoms. The highest BCUT2D eigenvalue weighted by molar-refractivity contribution is 6.05. The maximum atomic E-state index is 14.1. The second-order valence-corrected chi connectivity index (χ2v) is 7.10. The van der Waals surface area contributed by atoms with Crippen molar-refractivity contribution >= 4 is 23.2 Å². The van der Waals surface area contributed by atoms with Gasteiger partial charge in [-0.05, 0) is 30.3 Å². The van der Waals surface area contributed by atoms with Crippen LogP contribution in [0, 0.1) is 5.82 Å². The Hall–Kier alpha value is -4.07. The van der Waals surface area contributed by atoms with Crippen LogP contribution in [0.1, 0.15) is 15.9 Å². The maximum Gasteiger partial charge on any atom is 0.265 e. The van der Waals surface area contributed by atoms with E-state index in [1.165, 1.54) is 25.2 Å². The van der Waals surface area contributed by atoms with Crippen molar-refractivity contribution in [2.45, 2.75) is 6.54 Å². The molecule has 0 spiro atoms. The van der Waals surface area contributed by atoms with Crippen LogP contribution in [0.25, 0.3) is 0 Å². The Bertz CT molecular complexity index is 1160. The van der Waals surface area contributed by atoms with Gasteiger partial charge in [0.25, 0.3) is 11.8 Å². The van der Waals surface area contributed by atoms with Gasteiger partial charge in [0.15, 0.2) is 6.61 Å². The standard InChI is InChI=1S/C24H21FN2O5/c1-30-18-9-16(10-19(12-18)31-2)24(29)26-17-7-8-21-22(11-17)32-14-23(28)27(21)13-15-5-3-4-6-20(15)25/h3-12H,13-14H2,1-2H3,(H,26,29). The third-order valence-corrected chi connectivity index (χ3v) is 5.06. The van der Waals surface area contributed by atoms with Crippen LogP contribution in [0.15, 0.2) is 60.7 Å². The van der Waals surface area contributed by atoms with Gasteiger partial charge in [-0.15, -0.1) is 0 Å². The molecule has 1 aliphatic rings. The van der Waals surface area contributed by atoms with E-state index in [4.69, 9.17) is 14.2 Å². The van der Waals surface area contributed by atoms with E-state index in [1.807, 2.05) is 0 Å². The molecule has 164 valence electrons. The first-order chi connectivity index (χ1) is 15.5. The SMILES string of the molecule is COc1cc(OC)cc(C(=O)Nc2ccc3c(c2)OCC(=O)N3Cc2ccccc2F)c1. The highest BCUT2D eigenvalue weighted by Crippen LogP contribution is 2.36. The summed E-state index contributed by atoms with van der Waals surface area (Å²) in [7, 11) is 3.01. The zero-order valence-corrected chi connectivity index (χ0v) is 17.6. The number of benzene rings is 3. The zero-order chi connectivity index (χ0) is 22.7. The largest absolute Gasteiger partial charge is 0.497 e. The lowest BCUT2D eigenvalue weighted by Gasteiger charge is -2.30. The average molecular weight is 436 g/mol. The average Bonchev–Trinajstić information content (AvgIpc) is 2.81. The van der Waals surface area contributed by atoms with Crippen molar-refractivity contribution in [3.05, 3.63) is 77.6 Å². The number of fused-ring (bicyclic) bond motifs is 1. The first kappa shape index (κ1) is 21.2. The van der Waals surface area contributed by atoms with Gasteiger partial charge < -0.3 is 24.4 Å². The van der Waals surface area contributed by atoms with Crippen molar-refractivity contribution in [1.29, 1.82) is 0 Å². The van der Waals surface area contributed by atoms with E-state index in [-0.39, 0.29) is 30.8 Å². The fourth-order valence-corrected chi connectivity index (χ4v) is 3.39. The van der Waals surface area contributed by atoms with Crippen LogP contribution in [0.2, 0.25) is 0 Å². The smallest absolute Gasteiger partial charge is 0.265 e. The number of hydrogen-bond acceptors (Lipinski definition) is 5. The molecule has 0 bridgehead atoms. The number of carbonyl (C=O) groups excluding carboxylic acids is 2. The first-order valence-corrected chi connectivity index (χ1v) is 9.83. The normalized spacial score (nSPS) is 12.6. The van der Waals surface area contributed by atoms with E-state index in [0.29, 0.717) is 39.8 Å². The van der Waals surface area contributed by atoms with Crippen LogP contribution in [0.3, 0.4) is 0 Å². The Balaban J connectivity index is 1.57. The topological polar surface area (TPSA) is 77.1 Å². The van der Waals surface area contributed by atoms with Crippen LogP contribution >= 0.6 is 0 Å². The number of amides is 2. The number of rotatable bonds is 6. The molecule has 0 saturated heterocycles. The van der Waals surface area contributed by atoms with Crippen molar-refractivity contribution in [3.8, 4) is 17.2 Å². The van der Waals surface area contributed by atoms with Gasteiger partial charge in [0, 0.05) is 28.9 Å². The lowest BCUT2D eigenvalue weighted by molar-refractivity contribution is -0.121. The number of anilines is 2. The number of hydrogen-bond donors (Lipinski definition) is 1. The Labute approximate surface area is 184 Å². The van der Waals surface area contributed by atoms with Gasteiger partial charge in [0.2, 0.25) is 0 Å². The lowest BCUT2D eigenvalue weighted by atomic mass is 10.1. The Morgan fingerprint density at radius 1 is 1.06 bits per heavy atom. The van der Waals surface area contributed by atoms with Crippen LogP contribution in [0.5, 0.6) is 17.2 Å². The summed E-state index contributed by atoms with van der Waals surface area (Å²) in [6.07, 6.45) is 0. The third-order valence-electron chi connectivity index (χ3n) is 5.06. The molecule has 2 amide bonds. The zero-order valence-electron chi connectivity index (χ0n) is 17.6. The Morgan fingerprint density at radius 2 is 1.78 bits per heavy atom. The molecule has 0 unspecified atom stereocenters. The van der Waals surface area contributed by atoms with Crippen LogP contribution in [0.4, 0.5) is 15.8 Å². The maximum absolute atomic E-state index is 14.1. The van der Waals surface area contributed by atoms with Crippen molar-refractivity contribution < 1.29 is 28.2 Å². The van der Waals surface area contributed by atoms with E-state index < -0.39 is 0 Å². The number of nitrogens with zero attached hydrogens (tertiary/aromatic N) is 1. The number of carbonyl (C=O) groups is 2. The second kappa shape index (κ2) is 8.97. The fourth-order valence-electron chi connectivity index (χ4n) is 3.39. The van der Waals surface area contributed by atoms with Gasteiger partial charge >= 0.3 is 0 Å². The second-order valence-electron chi connectivity index (χ2n) is 7.10. The van der Waals surface area contributed by atoms with Crippen molar-refractivity contribution in [3.63, 3.8) is 0 Å². The molecule has 0 saturated carbocycles. The quantitative estimate of drug-likeness (QED) is 0.632. The number of ether oxygens (including phenoxy) is 3. The predicted molar refractivity (Wildman–Crippen MR) is 117 cm³/mol. The van der Waals surface area contributed by atoms with Gasteiger partial charge in [-0.3, -0.25) is 9.59 Å². The molecular formula is C24H21FN2O5. The molecule has 0 aliphatic carbocycles. The molecule has 0 radical (unpaired) electrons. The van der Waals surface area contributed by atoms with Gasteiger partial charge in [0.1, 0.15) is 23.1 Å². The molecule has 0 fully saturated rings. The molecular weight excluding hydrogens is 415 g/mol. The highest BCUT2D eigenvalue weighted by Gasteiger charge is 2.27. The van der Waals surface area contributed by atoms with Crippen molar-refractivity contribution in [1.82, 2.24) is 0 Å². The predicted octanol–water partition coefficient (Wildman–Crippen LogP) is 4.02. The lowest BCUT2D eigenvalue weighted by Crippen LogP contribution is -2.38. The highest BCUT2D eigenvalue weighted by atomic mass is 19.1. The van der Waals surface area contributed by atoms with Crippen molar-refractivity contribution in [2.75, 3.05) is 31.0 Å². The van der Waals surface area contributed by atoms with E-state index in [0.717, 1.165) is 0 Å². The van der Waals surface area contributed by atoms with E-state index in [9.17, 15) is 14.0 Å². The summed E-state index contributed by atoms with van der Waals surface area (Å²) < 4.78 is 30.1. The molecule has 7 nitrogen and oxygen atoms in total. The molecule has 3 aromatic rings. The molecule has 3 aromatic carbocycles. The molecule has 4 rings (SSSR count). The Morgan fingerprint density at radius 3 is 2.47 bits per heavy atom. The van der Waals surface area contributed by atoms with Crippen LogP contribution < -0.4 is 24.4 Å². The summed E-state index contributed by atoms with van der Waals surface area (Å²) in [6, 6.07) is 16.1. The minimum atomic E-state index is -0.383. The summed E-state index contributed by atoms with van der Waals surface area (Å²) in [5.41, 5.74) is 1.75. The minimum Gasteiger partial charge on any atom is -0.497 e. The third kappa shape index (κ3) is 4.34. The fraction of sp³-hybridized carbons (Fsp3) is 0.167. The monoisotopic (exact) mass is 436 g/mol. The minimum absolute atomic E-state index is 0.0805. The number of methoxy groups -OCH3 is 2. The van der Waals surface area contributed by atoms with Gasteiger partial charge in [-0.1, -0.05) is 18.2 Å². The summed E-state index contributed by atoms with van der Waals surface area (Å²) >= 11 is 0. The molecule has 0 atom stereocenters. The van der Waals surface area contributed by atoms with E-state index in [1.54, 1.807) is 54.6 Å². The Kier molecular flexibility index (Phi) is 5.93.